The topological polar surface area (TPSA) is 118 Å². The quantitative estimate of drug-likeness (QED) is 0.721. The van der Waals surface area contributed by atoms with Gasteiger partial charge in [-0.3, -0.25) is 4.90 Å². The fourth-order valence-electron chi connectivity index (χ4n) is 3.62. The first-order chi connectivity index (χ1) is 14.0. The van der Waals surface area contributed by atoms with Crippen molar-refractivity contribution < 1.29 is 24.1 Å². The lowest BCUT2D eigenvalue weighted by Crippen LogP contribution is -2.35. The number of rotatable bonds is 5. The Labute approximate surface area is 169 Å². The zero-order chi connectivity index (χ0) is 21.0. The third-order valence-corrected chi connectivity index (χ3v) is 5.01. The number of ether oxygens (including phenoxy) is 3. The highest BCUT2D eigenvalue weighted by molar-refractivity contribution is 5.92. The van der Waals surface area contributed by atoms with E-state index >= 15 is 0 Å². The lowest BCUT2D eigenvalue weighted by atomic mass is 9.82. The molecular formula is C21H25N3O5. The first-order valence-corrected chi connectivity index (χ1v) is 9.53. The van der Waals surface area contributed by atoms with Crippen LogP contribution in [0.5, 0.6) is 5.75 Å². The number of nitriles is 1. The van der Waals surface area contributed by atoms with Gasteiger partial charge in [0.25, 0.3) is 0 Å². The number of hydrogen-bond donors (Lipinski definition) is 2. The third-order valence-electron chi connectivity index (χ3n) is 5.01. The second-order valence-corrected chi connectivity index (χ2v) is 6.90. The summed E-state index contributed by atoms with van der Waals surface area (Å²) in [6, 6.07) is 7.23. The van der Waals surface area contributed by atoms with Gasteiger partial charge in [0.05, 0.1) is 31.3 Å². The van der Waals surface area contributed by atoms with Gasteiger partial charge in [0.15, 0.2) is 0 Å². The van der Waals surface area contributed by atoms with Gasteiger partial charge < -0.3 is 25.1 Å². The smallest absolute Gasteiger partial charge is 0.338 e. The average Bonchev–Trinajstić information content (AvgIpc) is 2.70. The van der Waals surface area contributed by atoms with Crippen molar-refractivity contribution in [3.8, 4) is 11.8 Å². The van der Waals surface area contributed by atoms with E-state index in [1.165, 1.54) is 0 Å². The summed E-state index contributed by atoms with van der Waals surface area (Å²) in [4.78, 5) is 14.9. The van der Waals surface area contributed by atoms with Crippen LogP contribution in [-0.2, 0) is 25.5 Å². The van der Waals surface area contributed by atoms with Crippen molar-refractivity contribution in [3.05, 3.63) is 52.1 Å². The first-order valence-electron chi connectivity index (χ1n) is 9.53. The van der Waals surface area contributed by atoms with E-state index < -0.39 is 11.9 Å². The SMILES string of the molecule is CCOC(=O)C1=C(C)OC(N)=C(C#N)C1c1cc(CN2CCOCC2)ccc1O. The second-order valence-electron chi connectivity index (χ2n) is 6.90. The fraction of sp³-hybridized carbons (Fsp3) is 0.429. The summed E-state index contributed by atoms with van der Waals surface area (Å²) in [5, 5.41) is 20.3. The van der Waals surface area contributed by atoms with E-state index in [4.69, 9.17) is 19.9 Å². The maximum atomic E-state index is 12.6. The van der Waals surface area contributed by atoms with Crippen LogP contribution in [0.2, 0.25) is 0 Å². The standard InChI is InChI=1S/C21H25N3O5/c1-3-28-21(26)18-13(2)29-20(23)16(11-22)19(18)15-10-14(4-5-17(15)25)12-24-6-8-27-9-7-24/h4-5,10,19,25H,3,6-9,12,23H2,1-2H3. The van der Waals surface area contributed by atoms with Gasteiger partial charge in [0, 0.05) is 25.2 Å². The van der Waals surface area contributed by atoms with E-state index in [1.807, 2.05) is 12.1 Å². The first kappa shape index (κ1) is 20.7. The summed E-state index contributed by atoms with van der Waals surface area (Å²) in [6.07, 6.45) is 0. The minimum Gasteiger partial charge on any atom is -0.508 e. The second kappa shape index (κ2) is 8.99. The van der Waals surface area contributed by atoms with Gasteiger partial charge in [0.1, 0.15) is 23.2 Å². The van der Waals surface area contributed by atoms with Crippen molar-refractivity contribution in [1.82, 2.24) is 4.90 Å². The normalized spacial score (nSPS) is 20.2. The number of nitrogens with two attached hydrogens (primary N) is 1. The van der Waals surface area contributed by atoms with Gasteiger partial charge in [0.2, 0.25) is 5.88 Å². The van der Waals surface area contributed by atoms with Crippen molar-refractivity contribution in [2.45, 2.75) is 26.3 Å². The lowest BCUT2D eigenvalue weighted by Gasteiger charge is -2.29. The molecule has 1 fully saturated rings. The Morgan fingerprint density at radius 2 is 2.14 bits per heavy atom. The highest BCUT2D eigenvalue weighted by Crippen LogP contribution is 2.43. The molecule has 0 amide bonds. The van der Waals surface area contributed by atoms with E-state index in [-0.39, 0.29) is 35.1 Å². The molecule has 1 aromatic carbocycles. The maximum Gasteiger partial charge on any atom is 0.338 e. The van der Waals surface area contributed by atoms with Crippen molar-refractivity contribution in [3.63, 3.8) is 0 Å². The van der Waals surface area contributed by atoms with Crippen molar-refractivity contribution in [2.24, 2.45) is 5.73 Å². The molecule has 0 aromatic heterocycles. The molecule has 8 nitrogen and oxygen atoms in total. The number of esters is 1. The molecule has 3 rings (SSSR count). The molecule has 3 N–H and O–H groups in total. The monoisotopic (exact) mass is 399 g/mol. The lowest BCUT2D eigenvalue weighted by molar-refractivity contribution is -0.139. The summed E-state index contributed by atoms with van der Waals surface area (Å²) in [7, 11) is 0. The summed E-state index contributed by atoms with van der Waals surface area (Å²) < 4.78 is 16.0. The highest BCUT2D eigenvalue weighted by Gasteiger charge is 2.37. The number of nitrogens with zero attached hydrogens (tertiary/aromatic N) is 2. The predicted octanol–water partition coefficient (Wildman–Crippen LogP) is 1.87. The number of hydrogen-bond acceptors (Lipinski definition) is 8. The van der Waals surface area contributed by atoms with Gasteiger partial charge in [-0.05, 0) is 31.5 Å². The molecule has 0 saturated carbocycles. The molecule has 0 bridgehead atoms. The Morgan fingerprint density at radius 3 is 2.79 bits per heavy atom. The zero-order valence-corrected chi connectivity index (χ0v) is 16.6. The molecule has 29 heavy (non-hydrogen) atoms. The largest absolute Gasteiger partial charge is 0.508 e. The van der Waals surface area contributed by atoms with Gasteiger partial charge in [-0.2, -0.15) is 5.26 Å². The fourth-order valence-corrected chi connectivity index (χ4v) is 3.62. The molecule has 154 valence electrons. The molecule has 0 radical (unpaired) electrons. The van der Waals surface area contributed by atoms with Gasteiger partial charge >= 0.3 is 5.97 Å². The van der Waals surface area contributed by atoms with Crippen LogP contribution in [-0.4, -0.2) is 48.9 Å². The average molecular weight is 399 g/mol. The minimum absolute atomic E-state index is 0.0298. The van der Waals surface area contributed by atoms with Gasteiger partial charge in [-0.15, -0.1) is 0 Å². The number of phenolic OH excluding ortho intramolecular Hbond substituents is 1. The molecule has 0 spiro atoms. The third kappa shape index (κ3) is 4.36. The Kier molecular flexibility index (Phi) is 6.42. The Hall–Kier alpha value is -3.02. The molecule has 2 heterocycles. The summed E-state index contributed by atoms with van der Waals surface area (Å²) in [6.45, 7) is 7.12. The molecular weight excluding hydrogens is 374 g/mol. The Balaban J connectivity index is 2.04. The van der Waals surface area contributed by atoms with E-state index in [0.717, 1.165) is 18.7 Å². The molecule has 0 aliphatic carbocycles. The molecule has 1 atom stereocenters. The molecule has 2 aliphatic heterocycles. The number of phenols is 1. The Bertz CT molecular complexity index is 894. The maximum absolute atomic E-state index is 12.6. The zero-order valence-electron chi connectivity index (χ0n) is 16.6. The molecule has 1 aromatic rings. The minimum atomic E-state index is -0.863. The number of morpholine rings is 1. The molecule has 2 aliphatic rings. The van der Waals surface area contributed by atoms with Crippen LogP contribution < -0.4 is 5.73 Å². The van der Waals surface area contributed by atoms with Crippen LogP contribution in [0.1, 0.15) is 30.9 Å². The van der Waals surface area contributed by atoms with E-state index in [1.54, 1.807) is 26.0 Å². The van der Waals surface area contributed by atoms with Crippen LogP contribution in [0.15, 0.2) is 41.0 Å². The van der Waals surface area contributed by atoms with Crippen LogP contribution >= 0.6 is 0 Å². The van der Waals surface area contributed by atoms with E-state index in [2.05, 4.69) is 4.90 Å². The summed E-state index contributed by atoms with van der Waals surface area (Å²) in [5.41, 5.74) is 7.52. The molecule has 1 unspecified atom stereocenters. The van der Waals surface area contributed by atoms with Crippen LogP contribution in [0, 0.1) is 11.3 Å². The van der Waals surface area contributed by atoms with E-state index in [9.17, 15) is 15.2 Å². The number of carbonyl (C=O) groups is 1. The van der Waals surface area contributed by atoms with Crippen LogP contribution in [0.4, 0.5) is 0 Å². The van der Waals surface area contributed by atoms with Gasteiger partial charge in [-0.1, -0.05) is 6.07 Å². The summed E-state index contributed by atoms with van der Waals surface area (Å²) in [5.74, 6) is -1.33. The van der Waals surface area contributed by atoms with Gasteiger partial charge in [-0.25, -0.2) is 4.79 Å². The number of allylic oxidation sites excluding steroid dienone is 2. The predicted molar refractivity (Wildman–Crippen MR) is 104 cm³/mol. The molecule has 1 saturated heterocycles. The van der Waals surface area contributed by atoms with Crippen LogP contribution in [0.3, 0.4) is 0 Å². The van der Waals surface area contributed by atoms with Crippen molar-refractivity contribution >= 4 is 5.97 Å². The van der Waals surface area contributed by atoms with Crippen LogP contribution in [0.25, 0.3) is 0 Å². The summed E-state index contributed by atoms with van der Waals surface area (Å²) >= 11 is 0. The van der Waals surface area contributed by atoms with Crippen molar-refractivity contribution in [2.75, 3.05) is 32.9 Å². The number of aromatic hydroxyl groups is 1. The van der Waals surface area contributed by atoms with Crippen molar-refractivity contribution in [1.29, 1.82) is 5.26 Å². The van der Waals surface area contributed by atoms with E-state index in [0.29, 0.717) is 25.3 Å². The Morgan fingerprint density at radius 1 is 1.41 bits per heavy atom. The molecule has 8 heteroatoms. The number of carbonyl (C=O) groups excluding carboxylic acids is 1. The number of benzene rings is 1. The highest BCUT2D eigenvalue weighted by atomic mass is 16.5.